The number of hydrogen-bond acceptors (Lipinski definition) is 0. The number of allylic oxidation sites excluding steroid dienone is 4. The number of rotatable bonds is 0. The summed E-state index contributed by atoms with van der Waals surface area (Å²) >= 11 is 83.1. The second-order valence-corrected chi connectivity index (χ2v) is 16.5. The largest absolute Gasteiger partial charge is 0.187 e. The SMILES string of the molecule is ClC1C2CCC=C/C2=C2\C3(Cl)CC3(Cl)C3(Cl)CC3(Cl)C2(Cl)C(Cl)(Cl)C(Cl)(Cl)C1(Cl)Cl. The molecule has 5 rings (SSSR count). The van der Waals surface area contributed by atoms with Crippen molar-refractivity contribution in [3.8, 4) is 0 Å². The maximum absolute atomic E-state index is 7.38. The standard InChI is InChI=1S/C18H12Cl12/c19-10-8-4-2-1-3-7(8)9-11(20)5-12(11,21)13(22)6-14(13,23)15(9,24)17(27,28)18(29,30)16(10,25)26/h1,3,8,10H,2,4-6H2/b9-7-. The van der Waals surface area contributed by atoms with E-state index in [9.17, 15) is 0 Å². The van der Waals surface area contributed by atoms with Gasteiger partial charge in [0.15, 0.2) is 13.0 Å². The third-order valence-electron chi connectivity index (χ3n) is 7.47. The second kappa shape index (κ2) is 6.44. The van der Waals surface area contributed by atoms with Crippen LogP contribution in [0.25, 0.3) is 0 Å². The Balaban J connectivity index is 1.94. The van der Waals surface area contributed by atoms with Crippen LogP contribution in [-0.2, 0) is 0 Å². The average molecular weight is 654 g/mol. The predicted octanol–water partition coefficient (Wildman–Crippen LogP) is 9.10. The van der Waals surface area contributed by atoms with Gasteiger partial charge in [0.05, 0.1) is 24.9 Å². The van der Waals surface area contributed by atoms with E-state index in [-0.39, 0.29) is 6.42 Å². The summed E-state index contributed by atoms with van der Waals surface area (Å²) in [6.07, 6.45) is 5.67. The first-order chi connectivity index (χ1) is 13.4. The molecule has 5 aliphatic rings. The minimum Gasteiger partial charge on any atom is -0.119 e. The molecule has 0 aromatic heterocycles. The Bertz CT molecular complexity index is 924. The van der Waals surface area contributed by atoms with Crippen LogP contribution in [0.15, 0.2) is 23.3 Å². The fourth-order valence-electron chi connectivity index (χ4n) is 5.67. The summed E-state index contributed by atoms with van der Waals surface area (Å²) in [5.41, 5.74) is 1.14. The predicted molar refractivity (Wildman–Crippen MR) is 134 cm³/mol. The highest BCUT2D eigenvalue weighted by atomic mass is 35.6. The molecule has 0 heterocycles. The third kappa shape index (κ3) is 2.26. The van der Waals surface area contributed by atoms with Crippen molar-refractivity contribution in [3.63, 3.8) is 0 Å². The summed E-state index contributed by atoms with van der Waals surface area (Å²) in [6, 6.07) is 0. The van der Waals surface area contributed by atoms with Gasteiger partial charge in [0.25, 0.3) is 0 Å². The molecule has 7 atom stereocenters. The van der Waals surface area contributed by atoms with Gasteiger partial charge >= 0.3 is 0 Å². The van der Waals surface area contributed by atoms with E-state index in [1.807, 2.05) is 12.2 Å². The van der Waals surface area contributed by atoms with Crippen LogP contribution < -0.4 is 0 Å². The third-order valence-corrected chi connectivity index (χ3v) is 16.8. The van der Waals surface area contributed by atoms with E-state index in [0.29, 0.717) is 24.0 Å². The number of alkyl halides is 12. The minimum atomic E-state index is -2.27. The molecule has 12 heteroatoms. The zero-order chi connectivity index (χ0) is 22.6. The highest BCUT2D eigenvalue weighted by Crippen LogP contribution is 2.91. The van der Waals surface area contributed by atoms with Crippen molar-refractivity contribution in [1.82, 2.24) is 0 Å². The van der Waals surface area contributed by atoms with Crippen LogP contribution in [0.4, 0.5) is 0 Å². The lowest BCUT2D eigenvalue weighted by molar-refractivity contribution is 0.358. The molecule has 0 radical (unpaired) electrons. The Morgan fingerprint density at radius 1 is 0.733 bits per heavy atom. The zero-order valence-corrected chi connectivity index (χ0v) is 23.7. The molecule has 0 aliphatic heterocycles. The van der Waals surface area contributed by atoms with Crippen molar-refractivity contribution < 1.29 is 0 Å². The molecular weight excluding hydrogens is 642 g/mol. The second-order valence-electron chi connectivity index (χ2n) is 8.81. The molecule has 3 fully saturated rings. The number of halogens is 12. The molecular formula is C18H12Cl12. The van der Waals surface area contributed by atoms with Gasteiger partial charge in [-0.1, -0.05) is 81.8 Å². The molecule has 0 N–H and O–H groups in total. The molecule has 30 heavy (non-hydrogen) atoms. The molecule has 5 aliphatic carbocycles. The summed E-state index contributed by atoms with van der Waals surface area (Å²) in [5, 5.41) is -0.974. The van der Waals surface area contributed by atoms with Gasteiger partial charge < -0.3 is 0 Å². The van der Waals surface area contributed by atoms with E-state index in [1.165, 1.54) is 0 Å². The van der Waals surface area contributed by atoms with Crippen molar-refractivity contribution in [2.75, 3.05) is 0 Å². The van der Waals surface area contributed by atoms with Crippen LogP contribution in [0.1, 0.15) is 25.7 Å². The molecule has 168 valence electrons. The van der Waals surface area contributed by atoms with E-state index >= 15 is 0 Å². The molecule has 0 saturated heterocycles. The quantitative estimate of drug-likeness (QED) is 0.229. The first kappa shape index (κ1) is 24.6. The lowest BCUT2D eigenvalue weighted by Gasteiger charge is -2.58. The molecule has 0 aromatic rings. The van der Waals surface area contributed by atoms with Gasteiger partial charge in [-0.15, -0.1) is 69.6 Å². The first-order valence-corrected chi connectivity index (χ1v) is 13.7. The van der Waals surface area contributed by atoms with Crippen LogP contribution in [0, 0.1) is 5.92 Å². The molecule has 0 aromatic carbocycles. The van der Waals surface area contributed by atoms with Crippen LogP contribution in [0.5, 0.6) is 0 Å². The summed E-state index contributed by atoms with van der Waals surface area (Å²) in [5.74, 6) is -0.403. The first-order valence-electron chi connectivity index (χ1n) is 9.06. The Hall–Kier alpha value is 2.96. The topological polar surface area (TPSA) is 0 Å². The zero-order valence-electron chi connectivity index (χ0n) is 14.7. The van der Waals surface area contributed by atoms with E-state index < -0.39 is 48.7 Å². The van der Waals surface area contributed by atoms with Crippen molar-refractivity contribution in [1.29, 1.82) is 0 Å². The van der Waals surface area contributed by atoms with E-state index in [4.69, 9.17) is 139 Å². The van der Waals surface area contributed by atoms with Crippen LogP contribution in [0.2, 0.25) is 0 Å². The average Bonchev–Trinajstić information content (AvgIpc) is 3.45. The van der Waals surface area contributed by atoms with Crippen molar-refractivity contribution >= 4 is 139 Å². The molecule has 3 saturated carbocycles. The van der Waals surface area contributed by atoms with Crippen molar-refractivity contribution in [2.24, 2.45) is 5.92 Å². The maximum atomic E-state index is 7.38. The Kier molecular flexibility index (Phi) is 5.29. The Morgan fingerprint density at radius 3 is 1.93 bits per heavy atom. The van der Waals surface area contributed by atoms with Gasteiger partial charge in [0, 0.05) is 5.92 Å². The fraction of sp³-hybridized carbons (Fsp3) is 0.778. The number of fused-ring (bicyclic) bond motifs is 7. The molecule has 0 nitrogen and oxygen atoms in total. The smallest absolute Gasteiger partial charge is 0.119 e. The minimum absolute atomic E-state index is 0.183. The fourth-order valence-corrected chi connectivity index (χ4v) is 11.8. The highest BCUT2D eigenvalue weighted by Gasteiger charge is 3.00. The molecule has 0 spiro atoms. The normalized spacial score (nSPS) is 59.1. The lowest BCUT2D eigenvalue weighted by atomic mass is 9.68. The summed E-state index contributed by atoms with van der Waals surface area (Å²) in [6.45, 7) is 0. The van der Waals surface area contributed by atoms with Gasteiger partial charge in [0.2, 0.25) is 0 Å². The van der Waals surface area contributed by atoms with Gasteiger partial charge in [-0.05, 0) is 36.8 Å². The summed E-state index contributed by atoms with van der Waals surface area (Å²) in [4.78, 5) is -6.68. The molecule has 0 bridgehead atoms. The Labute approximate surface area is 234 Å². The van der Waals surface area contributed by atoms with E-state index in [0.717, 1.165) is 6.42 Å². The maximum Gasteiger partial charge on any atom is 0.187 e. The van der Waals surface area contributed by atoms with Gasteiger partial charge in [-0.3, -0.25) is 0 Å². The highest BCUT2D eigenvalue weighted by molar-refractivity contribution is 6.73. The van der Waals surface area contributed by atoms with E-state index in [2.05, 4.69) is 0 Å². The van der Waals surface area contributed by atoms with Crippen LogP contribution in [0.3, 0.4) is 0 Å². The lowest BCUT2D eigenvalue weighted by Crippen LogP contribution is -2.72. The molecule has 0 amide bonds. The van der Waals surface area contributed by atoms with Crippen molar-refractivity contribution in [3.05, 3.63) is 23.3 Å². The Morgan fingerprint density at radius 2 is 1.33 bits per heavy atom. The molecule has 7 unspecified atom stereocenters. The van der Waals surface area contributed by atoms with Gasteiger partial charge in [-0.2, -0.15) is 0 Å². The van der Waals surface area contributed by atoms with E-state index in [1.54, 1.807) is 0 Å². The van der Waals surface area contributed by atoms with Gasteiger partial charge in [0.1, 0.15) is 4.87 Å². The van der Waals surface area contributed by atoms with Crippen molar-refractivity contribution in [2.45, 2.75) is 68.4 Å². The summed E-state index contributed by atoms with van der Waals surface area (Å²) < 4.78 is -6.54. The monoisotopic (exact) mass is 648 g/mol. The number of hydrogen-bond donors (Lipinski definition) is 0. The van der Waals surface area contributed by atoms with Crippen LogP contribution >= 0.6 is 139 Å². The summed E-state index contributed by atoms with van der Waals surface area (Å²) in [7, 11) is 0. The van der Waals surface area contributed by atoms with Gasteiger partial charge in [-0.25, -0.2) is 0 Å². The van der Waals surface area contributed by atoms with Crippen LogP contribution in [-0.4, -0.2) is 42.7 Å².